The lowest BCUT2D eigenvalue weighted by Crippen LogP contribution is -2.34. The summed E-state index contributed by atoms with van der Waals surface area (Å²) in [5, 5.41) is 0. The Labute approximate surface area is 122 Å². The van der Waals surface area contributed by atoms with Gasteiger partial charge in [0.25, 0.3) is 0 Å². The number of anilines is 1. The van der Waals surface area contributed by atoms with Crippen molar-refractivity contribution in [3.8, 4) is 11.4 Å². The zero-order valence-corrected chi connectivity index (χ0v) is 12.2. The molecule has 1 fully saturated rings. The van der Waals surface area contributed by atoms with Crippen molar-refractivity contribution in [2.45, 2.75) is 6.04 Å². The number of hydrogen-bond donors (Lipinski definition) is 1. The first-order valence-corrected chi connectivity index (χ1v) is 7.74. The van der Waals surface area contributed by atoms with Crippen molar-refractivity contribution >= 4 is 17.7 Å². The van der Waals surface area contributed by atoms with Gasteiger partial charge in [-0.05, 0) is 7.05 Å². The van der Waals surface area contributed by atoms with Gasteiger partial charge in [0.1, 0.15) is 0 Å². The first-order chi connectivity index (χ1) is 9.74. The molecule has 0 amide bonds. The Kier molecular flexibility index (Phi) is 3.84. The lowest BCUT2D eigenvalue weighted by atomic mass is 10.2. The standard InChI is InChI=1S/C14H17N5S/c1-19-7-8-20-9-11(19)13-16-12(17-14(15)18-13)10-5-3-2-4-6-10/h2-6,11H,7-9H2,1H3,(H2,15,16,17,18). The molecule has 1 aromatic heterocycles. The number of rotatable bonds is 2. The third-order valence-electron chi connectivity index (χ3n) is 3.40. The molecule has 2 aromatic rings. The van der Waals surface area contributed by atoms with Crippen LogP contribution in [0.25, 0.3) is 11.4 Å². The molecule has 1 saturated heterocycles. The minimum Gasteiger partial charge on any atom is -0.368 e. The van der Waals surface area contributed by atoms with E-state index in [-0.39, 0.29) is 12.0 Å². The highest BCUT2D eigenvalue weighted by Gasteiger charge is 2.24. The third-order valence-corrected chi connectivity index (χ3v) is 4.42. The minimum atomic E-state index is 0.210. The molecular weight excluding hydrogens is 270 g/mol. The molecule has 0 bridgehead atoms. The topological polar surface area (TPSA) is 67.9 Å². The molecule has 3 rings (SSSR count). The molecule has 2 heterocycles. The summed E-state index contributed by atoms with van der Waals surface area (Å²) in [6, 6.07) is 10.1. The Bertz CT molecular complexity index is 589. The number of nitrogen functional groups attached to an aromatic ring is 1. The summed E-state index contributed by atoms with van der Waals surface area (Å²) in [6.07, 6.45) is 0. The van der Waals surface area contributed by atoms with Gasteiger partial charge in [-0.3, -0.25) is 4.90 Å². The Morgan fingerprint density at radius 2 is 2.00 bits per heavy atom. The van der Waals surface area contributed by atoms with Crippen LogP contribution >= 0.6 is 11.8 Å². The van der Waals surface area contributed by atoms with Crippen molar-refractivity contribution in [1.29, 1.82) is 0 Å². The molecule has 5 nitrogen and oxygen atoms in total. The van der Waals surface area contributed by atoms with Crippen LogP contribution in [-0.2, 0) is 0 Å². The van der Waals surface area contributed by atoms with Crippen LogP contribution < -0.4 is 5.73 Å². The normalized spacial score (nSPS) is 19.9. The van der Waals surface area contributed by atoms with Gasteiger partial charge < -0.3 is 5.73 Å². The van der Waals surface area contributed by atoms with Gasteiger partial charge in [0.05, 0.1) is 6.04 Å². The third kappa shape index (κ3) is 2.76. The van der Waals surface area contributed by atoms with E-state index in [1.165, 1.54) is 0 Å². The summed E-state index contributed by atoms with van der Waals surface area (Å²) in [7, 11) is 2.10. The van der Waals surface area contributed by atoms with Crippen LogP contribution in [0.5, 0.6) is 0 Å². The zero-order valence-electron chi connectivity index (χ0n) is 11.4. The van der Waals surface area contributed by atoms with E-state index in [2.05, 4.69) is 26.9 Å². The van der Waals surface area contributed by atoms with E-state index in [0.717, 1.165) is 29.4 Å². The summed E-state index contributed by atoms with van der Waals surface area (Å²) in [5.41, 5.74) is 6.83. The Morgan fingerprint density at radius 1 is 1.20 bits per heavy atom. The number of nitrogens with two attached hydrogens (primary N) is 1. The van der Waals surface area contributed by atoms with Crippen molar-refractivity contribution in [2.75, 3.05) is 30.8 Å². The van der Waals surface area contributed by atoms with Gasteiger partial charge in [0.15, 0.2) is 11.6 Å². The fourth-order valence-corrected chi connectivity index (χ4v) is 3.44. The summed E-state index contributed by atoms with van der Waals surface area (Å²) < 4.78 is 0. The van der Waals surface area contributed by atoms with Gasteiger partial charge in [-0.1, -0.05) is 30.3 Å². The number of hydrogen-bond acceptors (Lipinski definition) is 6. The molecule has 0 saturated carbocycles. The SMILES string of the molecule is CN1CCSCC1c1nc(N)nc(-c2ccccc2)n1. The van der Waals surface area contributed by atoms with E-state index in [1.54, 1.807) is 0 Å². The molecule has 20 heavy (non-hydrogen) atoms. The van der Waals surface area contributed by atoms with Crippen molar-refractivity contribution < 1.29 is 0 Å². The van der Waals surface area contributed by atoms with E-state index < -0.39 is 0 Å². The predicted octanol–water partition coefficient (Wildman–Crippen LogP) is 1.84. The molecule has 2 N–H and O–H groups in total. The fourth-order valence-electron chi connectivity index (χ4n) is 2.23. The first-order valence-electron chi connectivity index (χ1n) is 6.59. The quantitative estimate of drug-likeness (QED) is 0.909. The van der Waals surface area contributed by atoms with Crippen LogP contribution in [0.1, 0.15) is 11.9 Å². The Hall–Kier alpha value is -1.66. The highest BCUT2D eigenvalue weighted by Crippen LogP contribution is 2.27. The van der Waals surface area contributed by atoms with Gasteiger partial charge in [0, 0.05) is 23.6 Å². The van der Waals surface area contributed by atoms with Crippen LogP contribution in [0, 0.1) is 0 Å². The number of thioether (sulfide) groups is 1. The Balaban J connectivity index is 1.98. The van der Waals surface area contributed by atoms with Gasteiger partial charge in [-0.15, -0.1) is 0 Å². The number of aromatic nitrogens is 3. The molecule has 6 heteroatoms. The molecule has 1 atom stereocenters. The Morgan fingerprint density at radius 3 is 2.75 bits per heavy atom. The van der Waals surface area contributed by atoms with E-state index in [0.29, 0.717) is 5.82 Å². The van der Waals surface area contributed by atoms with Crippen LogP contribution in [0.3, 0.4) is 0 Å². The maximum absolute atomic E-state index is 5.86. The molecule has 0 aliphatic carbocycles. The van der Waals surface area contributed by atoms with E-state index in [4.69, 9.17) is 5.73 Å². The van der Waals surface area contributed by atoms with Gasteiger partial charge in [0.2, 0.25) is 5.95 Å². The summed E-state index contributed by atoms with van der Waals surface area (Å²) in [6.45, 7) is 1.04. The van der Waals surface area contributed by atoms with Crippen molar-refractivity contribution in [3.63, 3.8) is 0 Å². The highest BCUT2D eigenvalue weighted by atomic mass is 32.2. The largest absolute Gasteiger partial charge is 0.368 e. The number of benzene rings is 1. The van der Waals surface area contributed by atoms with Gasteiger partial charge in [-0.2, -0.15) is 21.7 Å². The number of nitrogens with zero attached hydrogens (tertiary/aromatic N) is 4. The average molecular weight is 287 g/mol. The van der Waals surface area contributed by atoms with E-state index >= 15 is 0 Å². The maximum atomic E-state index is 5.86. The van der Waals surface area contributed by atoms with Crippen molar-refractivity contribution in [1.82, 2.24) is 19.9 Å². The second kappa shape index (κ2) is 5.76. The maximum Gasteiger partial charge on any atom is 0.223 e. The zero-order chi connectivity index (χ0) is 13.9. The predicted molar refractivity (Wildman–Crippen MR) is 82.4 cm³/mol. The lowest BCUT2D eigenvalue weighted by Gasteiger charge is -2.30. The minimum absolute atomic E-state index is 0.210. The molecular formula is C14H17N5S. The molecule has 1 aliphatic rings. The van der Waals surface area contributed by atoms with Crippen LogP contribution in [0.4, 0.5) is 5.95 Å². The summed E-state index contributed by atoms with van der Waals surface area (Å²) in [4.78, 5) is 15.5. The van der Waals surface area contributed by atoms with Crippen LogP contribution in [0.2, 0.25) is 0 Å². The monoisotopic (exact) mass is 287 g/mol. The highest BCUT2D eigenvalue weighted by molar-refractivity contribution is 7.99. The lowest BCUT2D eigenvalue weighted by molar-refractivity contribution is 0.264. The van der Waals surface area contributed by atoms with Crippen LogP contribution in [0.15, 0.2) is 30.3 Å². The molecule has 104 valence electrons. The summed E-state index contributed by atoms with van der Waals surface area (Å²) >= 11 is 1.93. The first kappa shape index (κ1) is 13.3. The van der Waals surface area contributed by atoms with E-state index in [1.807, 2.05) is 42.1 Å². The van der Waals surface area contributed by atoms with Gasteiger partial charge in [-0.25, -0.2) is 4.98 Å². The molecule has 1 aliphatic heterocycles. The summed E-state index contributed by atoms with van der Waals surface area (Å²) in [5.74, 6) is 3.86. The smallest absolute Gasteiger partial charge is 0.223 e. The van der Waals surface area contributed by atoms with Crippen molar-refractivity contribution in [3.05, 3.63) is 36.2 Å². The second-order valence-corrected chi connectivity index (χ2v) is 5.96. The molecule has 1 unspecified atom stereocenters. The fraction of sp³-hybridized carbons (Fsp3) is 0.357. The second-order valence-electron chi connectivity index (χ2n) is 4.81. The van der Waals surface area contributed by atoms with E-state index in [9.17, 15) is 0 Å². The van der Waals surface area contributed by atoms with Crippen molar-refractivity contribution in [2.24, 2.45) is 0 Å². The van der Waals surface area contributed by atoms with Crippen LogP contribution in [-0.4, -0.2) is 44.9 Å². The molecule has 1 aromatic carbocycles. The average Bonchev–Trinajstić information content (AvgIpc) is 2.48. The molecule has 0 spiro atoms. The molecule has 0 radical (unpaired) electrons. The van der Waals surface area contributed by atoms with Gasteiger partial charge >= 0.3 is 0 Å².